The van der Waals surface area contributed by atoms with E-state index in [4.69, 9.17) is 0 Å². The summed E-state index contributed by atoms with van der Waals surface area (Å²) in [6.45, 7) is 1.88. The summed E-state index contributed by atoms with van der Waals surface area (Å²) < 4.78 is 28.7. The Morgan fingerprint density at radius 1 is 1.03 bits per heavy atom. The number of halogens is 2. The average molecular weight is 393 g/mol. The molecule has 0 unspecified atom stereocenters. The molecule has 0 saturated heterocycles. The van der Waals surface area contributed by atoms with E-state index in [0.29, 0.717) is 35.4 Å². The first-order chi connectivity index (χ1) is 13.9. The van der Waals surface area contributed by atoms with Gasteiger partial charge in [-0.25, -0.2) is 13.6 Å². The van der Waals surface area contributed by atoms with Gasteiger partial charge in [-0.05, 0) is 55.2 Å². The quantitative estimate of drug-likeness (QED) is 0.543. The van der Waals surface area contributed by atoms with Crippen LogP contribution < -0.4 is 0 Å². The first kappa shape index (κ1) is 18.7. The highest BCUT2D eigenvalue weighted by molar-refractivity contribution is 5.95. The Morgan fingerprint density at radius 3 is 2.62 bits per heavy atom. The summed E-state index contributed by atoms with van der Waals surface area (Å²) in [4.78, 5) is 11.6. The zero-order chi connectivity index (χ0) is 20.5. The number of aryl methyl sites for hydroxylation is 3. The number of aromatic carboxylic acids is 1. The van der Waals surface area contributed by atoms with Crippen molar-refractivity contribution in [1.29, 1.82) is 0 Å². The summed E-state index contributed by atoms with van der Waals surface area (Å²) in [5, 5.41) is 17.8. The first-order valence-corrected chi connectivity index (χ1v) is 9.04. The number of aromatic nitrogens is 3. The summed E-state index contributed by atoms with van der Waals surface area (Å²) in [6.07, 6.45) is 2.75. The number of benzene rings is 2. The fourth-order valence-corrected chi connectivity index (χ4v) is 3.30. The van der Waals surface area contributed by atoms with Gasteiger partial charge < -0.3 is 5.11 Å². The van der Waals surface area contributed by atoms with Gasteiger partial charge in [0.05, 0.1) is 5.56 Å². The number of fused-ring (bicyclic) bond motifs is 1. The maximum absolute atomic E-state index is 13.9. The maximum atomic E-state index is 13.9. The molecule has 2 aromatic heterocycles. The summed E-state index contributed by atoms with van der Waals surface area (Å²) in [5.74, 6) is -1.79. The highest BCUT2D eigenvalue weighted by atomic mass is 19.1. The molecule has 2 aromatic carbocycles. The molecule has 0 radical (unpaired) electrons. The summed E-state index contributed by atoms with van der Waals surface area (Å²) in [7, 11) is 0. The molecule has 146 valence electrons. The molecule has 2 heterocycles. The molecule has 0 aliphatic carbocycles. The lowest BCUT2D eigenvalue weighted by Crippen LogP contribution is -2.03. The van der Waals surface area contributed by atoms with Crippen molar-refractivity contribution < 1.29 is 18.7 Å². The van der Waals surface area contributed by atoms with Crippen LogP contribution in [0.5, 0.6) is 0 Å². The van der Waals surface area contributed by atoms with E-state index in [1.54, 1.807) is 28.7 Å². The number of carboxylic acid groups (broad SMARTS) is 1. The van der Waals surface area contributed by atoms with E-state index >= 15 is 0 Å². The predicted octanol–water partition coefficient (Wildman–Crippen LogP) is 4.47. The van der Waals surface area contributed by atoms with E-state index < -0.39 is 17.6 Å². The third kappa shape index (κ3) is 3.71. The molecule has 0 aliphatic heterocycles. The van der Waals surface area contributed by atoms with E-state index in [9.17, 15) is 18.7 Å². The summed E-state index contributed by atoms with van der Waals surface area (Å²) in [6, 6.07) is 12.3. The Morgan fingerprint density at radius 2 is 1.86 bits per heavy atom. The van der Waals surface area contributed by atoms with Crippen LogP contribution in [0.4, 0.5) is 8.78 Å². The number of nitrogens with zero attached hydrogens (tertiary/aromatic N) is 3. The first-order valence-electron chi connectivity index (χ1n) is 9.04. The average Bonchev–Trinajstić information content (AvgIpc) is 3.10. The van der Waals surface area contributed by atoms with E-state index in [-0.39, 0.29) is 5.56 Å². The van der Waals surface area contributed by atoms with Crippen molar-refractivity contribution in [3.63, 3.8) is 0 Å². The van der Waals surface area contributed by atoms with Crippen molar-refractivity contribution in [2.24, 2.45) is 0 Å². The Kier molecular flexibility index (Phi) is 4.80. The van der Waals surface area contributed by atoms with Crippen molar-refractivity contribution in [3.05, 3.63) is 88.6 Å². The molecule has 0 amide bonds. The van der Waals surface area contributed by atoms with Gasteiger partial charge in [0.25, 0.3) is 0 Å². The molecular weight excluding hydrogens is 376 g/mol. The second-order valence-electron chi connectivity index (χ2n) is 6.88. The van der Waals surface area contributed by atoms with Gasteiger partial charge >= 0.3 is 5.97 Å². The number of hydrogen-bond acceptors (Lipinski definition) is 3. The van der Waals surface area contributed by atoms with E-state index in [1.165, 1.54) is 12.1 Å². The van der Waals surface area contributed by atoms with Gasteiger partial charge in [-0.2, -0.15) is 0 Å². The molecule has 4 aromatic rings. The van der Waals surface area contributed by atoms with E-state index in [2.05, 4.69) is 10.2 Å². The Hall–Kier alpha value is -3.61. The van der Waals surface area contributed by atoms with Crippen LogP contribution in [0.3, 0.4) is 0 Å². The minimum absolute atomic E-state index is 0.142. The zero-order valence-electron chi connectivity index (χ0n) is 15.6. The smallest absolute Gasteiger partial charge is 0.336 e. The van der Waals surface area contributed by atoms with Crippen LogP contribution in [0, 0.1) is 18.6 Å². The molecule has 4 rings (SSSR count). The standard InChI is InChI=1S/C22H17F2N3O2/c1-13-2-8-17(22(28)29)18(10-13)21-26-25-20-9-4-14(12-27(20)21)3-5-15-6-7-16(23)11-19(15)24/h2,4,6-12H,3,5H2,1H3,(H,28,29). The van der Waals surface area contributed by atoms with Crippen LogP contribution in [0.1, 0.15) is 27.0 Å². The van der Waals surface area contributed by atoms with Gasteiger partial charge in [0.15, 0.2) is 11.5 Å². The Balaban J connectivity index is 1.70. The maximum Gasteiger partial charge on any atom is 0.336 e. The minimum atomic E-state index is -1.04. The van der Waals surface area contributed by atoms with Crippen LogP contribution in [0.25, 0.3) is 17.0 Å². The number of hydrogen-bond donors (Lipinski definition) is 1. The number of carbonyl (C=O) groups is 1. The normalized spacial score (nSPS) is 11.1. The molecular formula is C22H17F2N3O2. The molecule has 1 N–H and O–H groups in total. The van der Waals surface area contributed by atoms with Crippen LogP contribution in [-0.4, -0.2) is 25.7 Å². The van der Waals surface area contributed by atoms with Crippen LogP contribution in [-0.2, 0) is 12.8 Å². The summed E-state index contributed by atoms with van der Waals surface area (Å²) >= 11 is 0. The van der Waals surface area contributed by atoms with E-state index in [1.807, 2.05) is 19.2 Å². The van der Waals surface area contributed by atoms with Crippen LogP contribution >= 0.6 is 0 Å². The highest BCUT2D eigenvalue weighted by Crippen LogP contribution is 2.25. The van der Waals surface area contributed by atoms with Gasteiger partial charge in [-0.1, -0.05) is 23.8 Å². The SMILES string of the molecule is Cc1ccc(C(=O)O)c(-c2nnc3ccc(CCc4ccc(F)cc4F)cn23)c1. The third-order valence-corrected chi connectivity index (χ3v) is 4.81. The van der Waals surface area contributed by atoms with Gasteiger partial charge in [0.1, 0.15) is 11.6 Å². The number of pyridine rings is 1. The van der Waals surface area contributed by atoms with Crippen molar-refractivity contribution in [3.8, 4) is 11.4 Å². The predicted molar refractivity (Wildman–Crippen MR) is 104 cm³/mol. The Labute approximate surface area is 165 Å². The second-order valence-corrected chi connectivity index (χ2v) is 6.88. The molecule has 5 nitrogen and oxygen atoms in total. The fraction of sp³-hybridized carbons (Fsp3) is 0.136. The molecule has 0 atom stereocenters. The second kappa shape index (κ2) is 7.43. The highest BCUT2D eigenvalue weighted by Gasteiger charge is 2.17. The van der Waals surface area contributed by atoms with Gasteiger partial charge in [0, 0.05) is 17.8 Å². The number of carboxylic acids is 1. The Bertz CT molecular complexity index is 1230. The van der Waals surface area contributed by atoms with Gasteiger partial charge in [-0.3, -0.25) is 4.40 Å². The lowest BCUT2D eigenvalue weighted by atomic mass is 10.0. The van der Waals surface area contributed by atoms with Gasteiger partial charge in [0.2, 0.25) is 0 Å². The van der Waals surface area contributed by atoms with Crippen molar-refractivity contribution in [2.75, 3.05) is 0 Å². The van der Waals surface area contributed by atoms with Crippen molar-refractivity contribution >= 4 is 11.6 Å². The van der Waals surface area contributed by atoms with Crippen molar-refractivity contribution in [2.45, 2.75) is 19.8 Å². The molecule has 0 fully saturated rings. The molecule has 0 bridgehead atoms. The molecule has 0 aliphatic rings. The van der Waals surface area contributed by atoms with E-state index in [0.717, 1.165) is 17.2 Å². The lowest BCUT2D eigenvalue weighted by Gasteiger charge is -2.08. The molecule has 29 heavy (non-hydrogen) atoms. The lowest BCUT2D eigenvalue weighted by molar-refractivity contribution is 0.0697. The molecule has 7 heteroatoms. The monoisotopic (exact) mass is 393 g/mol. The minimum Gasteiger partial charge on any atom is -0.478 e. The third-order valence-electron chi connectivity index (χ3n) is 4.81. The topological polar surface area (TPSA) is 67.5 Å². The molecule has 0 spiro atoms. The van der Waals surface area contributed by atoms with Gasteiger partial charge in [-0.15, -0.1) is 10.2 Å². The van der Waals surface area contributed by atoms with Crippen molar-refractivity contribution in [1.82, 2.24) is 14.6 Å². The van der Waals surface area contributed by atoms with Crippen LogP contribution in [0.2, 0.25) is 0 Å². The zero-order valence-corrected chi connectivity index (χ0v) is 15.6. The largest absolute Gasteiger partial charge is 0.478 e. The van der Waals surface area contributed by atoms with Crippen LogP contribution in [0.15, 0.2) is 54.7 Å². The summed E-state index contributed by atoms with van der Waals surface area (Å²) in [5.41, 5.74) is 3.43. The fourth-order valence-electron chi connectivity index (χ4n) is 3.30. The molecule has 0 saturated carbocycles. The number of rotatable bonds is 5.